The van der Waals surface area contributed by atoms with E-state index in [2.05, 4.69) is 12.6 Å². The monoisotopic (exact) mass is 241 g/mol. The molecule has 86 valence electrons. The molecular weight excluding hydrogens is 219 g/mol. The van der Waals surface area contributed by atoms with Gasteiger partial charge in [-0.2, -0.15) is 12.6 Å². The average Bonchev–Trinajstić information content (AvgIpc) is 2.00. The molecule has 1 atom stereocenters. The zero-order valence-corrected chi connectivity index (χ0v) is 11.3. The van der Waals surface area contributed by atoms with Crippen LogP contribution in [-0.2, 0) is 13.6 Å². The minimum Gasteiger partial charge on any atom is -0.305 e. The quantitative estimate of drug-likeness (QED) is 0.569. The predicted octanol–water partition coefficient (Wildman–Crippen LogP) is 3.70. The Kier molecular flexibility index (Phi) is 5.53. The van der Waals surface area contributed by atoms with Crippen LogP contribution in [0.4, 0.5) is 0 Å². The van der Waals surface area contributed by atoms with Crippen LogP contribution in [-0.4, -0.2) is 17.2 Å². The molecule has 0 rings (SSSR count). The van der Waals surface area contributed by atoms with Crippen molar-refractivity contribution < 1.29 is 15.0 Å². The summed E-state index contributed by atoms with van der Waals surface area (Å²) in [7, 11) is -3.50. The highest BCUT2D eigenvalue weighted by Gasteiger charge is 2.34. The van der Waals surface area contributed by atoms with Gasteiger partial charge in [0.1, 0.15) is 4.97 Å². The van der Waals surface area contributed by atoms with Crippen LogP contribution in [0.2, 0.25) is 0 Å². The van der Waals surface area contributed by atoms with Crippen molar-refractivity contribution in [1.29, 1.82) is 0 Å². The first-order chi connectivity index (χ1) is 6.64. The van der Waals surface area contributed by atoms with Gasteiger partial charge in [0.15, 0.2) is 0 Å². The van der Waals surface area contributed by atoms with Crippen LogP contribution in [0.5, 0.6) is 0 Å². The lowest BCUT2D eigenvalue weighted by Crippen LogP contribution is -2.14. The van der Waals surface area contributed by atoms with Crippen LogP contribution in [0.15, 0.2) is 0 Å². The van der Waals surface area contributed by atoms with Gasteiger partial charge >= 0.3 is 7.60 Å². The first kappa shape index (κ1) is 12.6. The summed E-state index contributed by atoms with van der Waals surface area (Å²) in [6.07, 6.45) is -0.205. The molecule has 0 radical (unpaired) electrons. The minimum atomic E-state index is -3.50. The van der Waals surface area contributed by atoms with Gasteiger partial charge in [-0.1, -0.05) is 6.92 Å². The molecule has 0 heterocycles. The smallest absolute Gasteiger partial charge is 0.305 e. The van der Waals surface area contributed by atoms with Crippen LogP contribution in [0, 0.1) is 0 Å². The van der Waals surface area contributed by atoms with Gasteiger partial charge in [0.2, 0.25) is 0 Å². The molecule has 0 aromatic rings. The molecule has 0 spiro atoms. The first-order valence-corrected chi connectivity index (χ1v) is 6.83. The van der Waals surface area contributed by atoms with Crippen molar-refractivity contribution in [1.82, 2.24) is 0 Å². The SMILES string of the molecule is [2H][C@](S)(CC)P(=O)(OC(C)C)OC(C)C. The van der Waals surface area contributed by atoms with Crippen molar-refractivity contribution in [2.75, 3.05) is 0 Å². The maximum atomic E-state index is 12.4. The van der Waals surface area contributed by atoms with E-state index in [9.17, 15) is 4.57 Å². The molecule has 0 aromatic carbocycles. The third-order valence-corrected chi connectivity index (χ3v) is 4.73. The maximum absolute atomic E-state index is 12.4. The molecule has 0 aliphatic heterocycles. The van der Waals surface area contributed by atoms with Gasteiger partial charge in [0, 0.05) is 0 Å². The lowest BCUT2D eigenvalue weighted by molar-refractivity contribution is 0.141. The van der Waals surface area contributed by atoms with E-state index >= 15 is 0 Å². The summed E-state index contributed by atoms with van der Waals surface area (Å²) in [6, 6.07) is 0. The highest BCUT2D eigenvalue weighted by Crippen LogP contribution is 2.57. The molecule has 14 heavy (non-hydrogen) atoms. The fourth-order valence-electron chi connectivity index (χ4n) is 0.895. The standard InChI is InChI=1S/C9H21O3PS/c1-6-9(14)13(10,11-7(2)3)12-8(4)5/h7-9,14H,6H2,1-5H3/t9-/m0/s1/i9D. The molecule has 0 aromatic heterocycles. The molecule has 0 amide bonds. The van der Waals surface area contributed by atoms with Gasteiger partial charge < -0.3 is 9.05 Å². The topological polar surface area (TPSA) is 35.5 Å². The van der Waals surface area contributed by atoms with Crippen LogP contribution >= 0.6 is 20.2 Å². The molecule has 0 aliphatic carbocycles. The summed E-state index contributed by atoms with van der Waals surface area (Å²) in [5.74, 6) is 0. The Labute approximate surface area is 93.9 Å². The zero-order chi connectivity index (χ0) is 12.3. The van der Waals surface area contributed by atoms with E-state index in [0.717, 1.165) is 0 Å². The summed E-state index contributed by atoms with van der Waals surface area (Å²) in [5, 5.41) is 0. The van der Waals surface area contributed by atoms with E-state index in [1.807, 2.05) is 0 Å². The molecular formula is C9H21O3PS. The maximum Gasteiger partial charge on any atom is 0.343 e. The second-order valence-electron chi connectivity index (χ2n) is 3.58. The van der Waals surface area contributed by atoms with Crippen molar-refractivity contribution in [3.63, 3.8) is 0 Å². The largest absolute Gasteiger partial charge is 0.343 e. The van der Waals surface area contributed by atoms with Gasteiger partial charge in [0.25, 0.3) is 0 Å². The van der Waals surface area contributed by atoms with Gasteiger partial charge in [-0.05, 0) is 34.1 Å². The number of hydrogen-bond donors (Lipinski definition) is 1. The molecule has 0 saturated heterocycles. The summed E-state index contributed by atoms with van der Waals surface area (Å²) < 4.78 is 30.8. The predicted molar refractivity (Wildman–Crippen MR) is 63.1 cm³/mol. The molecule has 0 fully saturated rings. The van der Waals surface area contributed by atoms with E-state index in [0.29, 0.717) is 6.42 Å². The van der Waals surface area contributed by atoms with Gasteiger partial charge in [0.05, 0.1) is 13.6 Å². The Morgan fingerprint density at radius 1 is 1.29 bits per heavy atom. The highest BCUT2D eigenvalue weighted by molar-refractivity contribution is 7.89. The lowest BCUT2D eigenvalue weighted by Gasteiger charge is -2.26. The Hall–Kier alpha value is 0.500. The second-order valence-corrected chi connectivity index (χ2v) is 6.42. The number of thiol groups is 1. The second kappa shape index (κ2) is 6.16. The molecule has 0 aliphatic rings. The summed E-state index contributed by atoms with van der Waals surface area (Å²) in [5.41, 5.74) is 0. The minimum absolute atomic E-state index is 0.252. The lowest BCUT2D eigenvalue weighted by atomic mass is 10.5. The van der Waals surface area contributed by atoms with Gasteiger partial charge in [-0.3, -0.25) is 4.57 Å². The summed E-state index contributed by atoms with van der Waals surface area (Å²) in [4.78, 5) is -1.48. The molecule has 3 nitrogen and oxygen atoms in total. The molecule has 0 unspecified atom stereocenters. The third-order valence-electron chi connectivity index (χ3n) is 1.33. The molecule has 0 N–H and O–H groups in total. The van der Waals surface area contributed by atoms with Gasteiger partial charge in [-0.25, -0.2) is 0 Å². The molecule has 0 saturated carbocycles. The third kappa shape index (κ3) is 4.83. The van der Waals surface area contributed by atoms with E-state index in [1.54, 1.807) is 34.6 Å². The van der Waals surface area contributed by atoms with Crippen molar-refractivity contribution in [3.8, 4) is 0 Å². The van der Waals surface area contributed by atoms with Crippen molar-refractivity contribution >= 4 is 20.2 Å². The highest BCUT2D eigenvalue weighted by atomic mass is 32.1. The van der Waals surface area contributed by atoms with E-state index < -0.39 is 12.6 Å². The van der Waals surface area contributed by atoms with Crippen LogP contribution in [0.1, 0.15) is 42.4 Å². The Morgan fingerprint density at radius 2 is 1.64 bits per heavy atom. The van der Waals surface area contributed by atoms with E-state index in [-0.39, 0.29) is 12.2 Å². The summed E-state index contributed by atoms with van der Waals surface area (Å²) >= 11 is 4.07. The van der Waals surface area contributed by atoms with Gasteiger partial charge in [-0.15, -0.1) is 0 Å². The van der Waals surface area contributed by atoms with Crippen LogP contribution < -0.4 is 0 Å². The average molecular weight is 241 g/mol. The molecule has 0 bridgehead atoms. The summed E-state index contributed by atoms with van der Waals surface area (Å²) in [6.45, 7) is 8.78. The first-order valence-electron chi connectivity index (χ1n) is 5.34. The molecule has 5 heteroatoms. The fraction of sp³-hybridized carbons (Fsp3) is 1.00. The van der Waals surface area contributed by atoms with Crippen molar-refractivity contribution in [3.05, 3.63) is 0 Å². The Bertz CT molecular complexity index is 230. The van der Waals surface area contributed by atoms with Crippen LogP contribution in [0.25, 0.3) is 0 Å². The van der Waals surface area contributed by atoms with Crippen molar-refractivity contribution in [2.45, 2.75) is 58.2 Å². The Morgan fingerprint density at radius 3 is 1.86 bits per heavy atom. The number of rotatable bonds is 6. The Balaban J connectivity index is 4.94. The van der Waals surface area contributed by atoms with Crippen LogP contribution in [0.3, 0.4) is 0 Å². The fourth-order valence-corrected chi connectivity index (χ4v) is 2.97. The van der Waals surface area contributed by atoms with E-state index in [4.69, 9.17) is 10.4 Å². The zero-order valence-electron chi connectivity index (χ0n) is 10.5. The van der Waals surface area contributed by atoms with Crippen molar-refractivity contribution in [2.24, 2.45) is 0 Å². The van der Waals surface area contributed by atoms with E-state index in [1.165, 1.54) is 0 Å². The number of hydrogen-bond acceptors (Lipinski definition) is 4. The normalized spacial score (nSPS) is 18.4.